The van der Waals surface area contributed by atoms with Gasteiger partial charge in [0, 0.05) is 17.0 Å². The number of nitrogens with zero attached hydrogens (tertiary/aromatic N) is 4. The zero-order valence-corrected chi connectivity index (χ0v) is 17.7. The molecule has 164 valence electrons. The maximum atomic E-state index is 11.4. The third-order valence-corrected chi connectivity index (χ3v) is 7.16. The molecule has 8 nitrogen and oxygen atoms in total. The molecule has 1 aliphatic carbocycles. The summed E-state index contributed by atoms with van der Waals surface area (Å²) >= 11 is 0. The molecular weight excluding hydrogens is 406 g/mol. The van der Waals surface area contributed by atoms with Crippen molar-refractivity contribution in [3.05, 3.63) is 60.2 Å². The fraction of sp³-hybridized carbons (Fsp3) is 0.375. The molecule has 0 amide bonds. The second kappa shape index (κ2) is 6.96. The van der Waals surface area contributed by atoms with Gasteiger partial charge in [0.1, 0.15) is 29.5 Å². The zero-order valence-electron chi connectivity index (χ0n) is 17.7. The van der Waals surface area contributed by atoms with Gasteiger partial charge in [-0.05, 0) is 61.9 Å². The van der Waals surface area contributed by atoms with E-state index in [0.29, 0.717) is 17.9 Å². The van der Waals surface area contributed by atoms with E-state index in [0.717, 1.165) is 40.4 Å². The number of nitrogens with two attached hydrogens (primary N) is 1. The van der Waals surface area contributed by atoms with Gasteiger partial charge in [-0.3, -0.25) is 0 Å². The van der Waals surface area contributed by atoms with Crippen molar-refractivity contribution < 1.29 is 14.9 Å². The van der Waals surface area contributed by atoms with Gasteiger partial charge in [-0.1, -0.05) is 12.1 Å². The van der Waals surface area contributed by atoms with Crippen molar-refractivity contribution in [1.29, 1.82) is 0 Å². The molecule has 1 aliphatic heterocycles. The smallest absolute Gasteiger partial charge is 0.164 e. The first kappa shape index (κ1) is 19.6. The van der Waals surface area contributed by atoms with Gasteiger partial charge >= 0.3 is 0 Å². The van der Waals surface area contributed by atoms with Crippen LogP contribution in [0.25, 0.3) is 21.9 Å². The summed E-state index contributed by atoms with van der Waals surface area (Å²) in [6.07, 6.45) is 3.15. The molecule has 0 bridgehead atoms. The molecule has 2 fully saturated rings. The van der Waals surface area contributed by atoms with Crippen molar-refractivity contribution in [2.24, 2.45) is 5.92 Å². The van der Waals surface area contributed by atoms with Crippen LogP contribution in [0.4, 0.5) is 5.82 Å². The normalized spacial score (nSPS) is 29.7. The maximum Gasteiger partial charge on any atom is 0.164 e. The van der Waals surface area contributed by atoms with Crippen LogP contribution in [-0.2, 0) is 11.2 Å². The summed E-state index contributed by atoms with van der Waals surface area (Å²) in [5, 5.41) is 24.5. The van der Waals surface area contributed by atoms with E-state index in [1.54, 1.807) is 6.07 Å². The molecule has 1 saturated carbocycles. The molecule has 3 aromatic heterocycles. The van der Waals surface area contributed by atoms with Gasteiger partial charge in [0.2, 0.25) is 0 Å². The van der Waals surface area contributed by atoms with Crippen LogP contribution in [-0.4, -0.2) is 47.5 Å². The number of hydrogen-bond acceptors (Lipinski definition) is 7. The number of aliphatic hydroxyl groups is 2. The fourth-order valence-electron chi connectivity index (χ4n) is 5.47. The molecular formula is C24H25N5O3. The van der Waals surface area contributed by atoms with Crippen molar-refractivity contribution in [1.82, 2.24) is 19.5 Å². The first-order valence-electron chi connectivity index (χ1n) is 10.9. The lowest BCUT2D eigenvalue weighted by Crippen LogP contribution is -2.45. The van der Waals surface area contributed by atoms with E-state index < -0.39 is 24.0 Å². The van der Waals surface area contributed by atoms with Gasteiger partial charge < -0.3 is 25.3 Å². The van der Waals surface area contributed by atoms with E-state index >= 15 is 0 Å². The number of rotatable bonds is 3. The fourth-order valence-corrected chi connectivity index (χ4v) is 5.47. The number of anilines is 1. The third kappa shape index (κ3) is 2.83. The lowest BCUT2D eigenvalue weighted by atomic mass is 9.90. The van der Waals surface area contributed by atoms with E-state index in [1.807, 2.05) is 42.0 Å². The number of nitrogen functional groups attached to an aromatic ring is 1. The van der Waals surface area contributed by atoms with Crippen molar-refractivity contribution in [2.45, 2.75) is 50.2 Å². The summed E-state index contributed by atoms with van der Waals surface area (Å²) < 4.78 is 8.16. The maximum absolute atomic E-state index is 11.4. The Hall–Kier alpha value is -3.07. The van der Waals surface area contributed by atoms with Crippen LogP contribution in [0.15, 0.2) is 48.9 Å². The Morgan fingerprint density at radius 3 is 2.94 bits per heavy atom. The Bertz CT molecular complexity index is 1340. The number of benzene rings is 1. The van der Waals surface area contributed by atoms with Crippen LogP contribution >= 0.6 is 0 Å². The third-order valence-electron chi connectivity index (χ3n) is 7.16. The SMILES string of the molecule is Cc1ncnc2c1ccn2[C@@H]1O[C@@H]2[C@H](Cc3ccc4ccc(N)nc4c3)CC[C@]2(O)[C@H]1O. The highest BCUT2D eigenvalue weighted by Gasteiger charge is 2.61. The van der Waals surface area contributed by atoms with Crippen LogP contribution in [0.5, 0.6) is 0 Å². The molecule has 0 spiro atoms. The average molecular weight is 431 g/mol. The van der Waals surface area contributed by atoms with E-state index in [9.17, 15) is 10.2 Å². The summed E-state index contributed by atoms with van der Waals surface area (Å²) in [6, 6.07) is 11.8. The van der Waals surface area contributed by atoms with Gasteiger partial charge in [0.25, 0.3) is 0 Å². The number of pyridine rings is 1. The van der Waals surface area contributed by atoms with Crippen LogP contribution in [0.1, 0.15) is 30.3 Å². The first-order valence-corrected chi connectivity index (χ1v) is 10.9. The lowest BCUT2D eigenvalue weighted by Gasteiger charge is -2.26. The topological polar surface area (TPSA) is 119 Å². The van der Waals surface area contributed by atoms with Crippen molar-refractivity contribution in [2.75, 3.05) is 5.73 Å². The Kier molecular flexibility index (Phi) is 4.27. The van der Waals surface area contributed by atoms with Gasteiger partial charge in [-0.15, -0.1) is 0 Å². The Labute approximate surface area is 184 Å². The van der Waals surface area contributed by atoms with Gasteiger partial charge in [0.15, 0.2) is 6.23 Å². The minimum atomic E-state index is -1.28. The number of fused-ring (bicyclic) bond motifs is 3. The lowest BCUT2D eigenvalue weighted by molar-refractivity contribution is -0.0675. The van der Waals surface area contributed by atoms with E-state index in [4.69, 9.17) is 10.5 Å². The van der Waals surface area contributed by atoms with Crippen molar-refractivity contribution >= 4 is 27.8 Å². The predicted molar refractivity (Wildman–Crippen MR) is 120 cm³/mol. The molecule has 2 aliphatic rings. The highest BCUT2D eigenvalue weighted by molar-refractivity contribution is 5.80. The number of aromatic nitrogens is 4. The highest BCUT2D eigenvalue weighted by atomic mass is 16.6. The summed E-state index contributed by atoms with van der Waals surface area (Å²) in [4.78, 5) is 13.0. The molecule has 5 atom stereocenters. The minimum Gasteiger partial charge on any atom is -0.385 e. The molecule has 8 heteroatoms. The monoisotopic (exact) mass is 431 g/mol. The molecule has 4 N–H and O–H groups in total. The van der Waals surface area contributed by atoms with Crippen molar-refractivity contribution in [3.8, 4) is 0 Å². The predicted octanol–water partition coefficient (Wildman–Crippen LogP) is 2.51. The molecule has 4 heterocycles. The van der Waals surface area contributed by atoms with Crippen LogP contribution in [0, 0.1) is 12.8 Å². The quantitative estimate of drug-likeness (QED) is 0.456. The summed E-state index contributed by atoms with van der Waals surface area (Å²) in [5.41, 5.74) is 8.09. The second-order valence-corrected chi connectivity index (χ2v) is 9.07. The largest absolute Gasteiger partial charge is 0.385 e. The van der Waals surface area contributed by atoms with Crippen molar-refractivity contribution in [3.63, 3.8) is 0 Å². The van der Waals surface area contributed by atoms with Gasteiger partial charge in [0.05, 0.1) is 17.3 Å². The second-order valence-electron chi connectivity index (χ2n) is 9.07. The summed E-state index contributed by atoms with van der Waals surface area (Å²) in [6.45, 7) is 1.92. The minimum absolute atomic E-state index is 0.0800. The number of aliphatic hydroxyl groups excluding tert-OH is 1. The first-order chi connectivity index (χ1) is 15.4. The molecule has 32 heavy (non-hydrogen) atoms. The number of ether oxygens (including phenoxy) is 1. The molecule has 6 rings (SSSR count). The zero-order chi connectivity index (χ0) is 22.0. The van der Waals surface area contributed by atoms with Gasteiger partial charge in [-0.25, -0.2) is 15.0 Å². The number of aryl methyl sites for hydroxylation is 1. The summed E-state index contributed by atoms with van der Waals surface area (Å²) in [7, 11) is 0. The molecule has 0 radical (unpaired) electrons. The van der Waals surface area contributed by atoms with Crippen LogP contribution < -0.4 is 5.73 Å². The van der Waals surface area contributed by atoms with E-state index in [2.05, 4.69) is 21.0 Å². The Morgan fingerprint density at radius 1 is 1.22 bits per heavy atom. The van der Waals surface area contributed by atoms with Gasteiger partial charge in [-0.2, -0.15) is 0 Å². The summed E-state index contributed by atoms with van der Waals surface area (Å²) in [5.74, 6) is 0.573. The standard InChI is InChI=1S/C24H25N5O3/c1-13-17-7-9-29(22(17)27-12-26-13)23-20(30)24(31)8-6-16(21(24)32-23)10-14-2-3-15-4-5-19(25)28-18(15)11-14/h2-5,7,9,11-12,16,20-21,23,30-31H,6,8,10H2,1H3,(H2,25,28)/t16-,20-,21+,23+,24-/m0/s1. The van der Waals surface area contributed by atoms with E-state index in [1.165, 1.54) is 6.33 Å². The number of hydrogen-bond donors (Lipinski definition) is 3. The Morgan fingerprint density at radius 2 is 2.06 bits per heavy atom. The average Bonchev–Trinajstić information content (AvgIpc) is 3.41. The molecule has 0 unspecified atom stereocenters. The van der Waals surface area contributed by atoms with E-state index in [-0.39, 0.29) is 5.92 Å². The molecule has 1 aromatic carbocycles. The van der Waals surface area contributed by atoms with Crippen LogP contribution in [0.3, 0.4) is 0 Å². The Balaban J connectivity index is 1.30. The molecule has 4 aromatic rings. The van der Waals surface area contributed by atoms with Crippen LogP contribution in [0.2, 0.25) is 0 Å². The highest BCUT2D eigenvalue weighted by Crippen LogP contribution is 2.50. The molecule has 1 saturated heterocycles.